The van der Waals surface area contributed by atoms with Crippen LogP contribution in [0.15, 0.2) is 54.1 Å². The highest BCUT2D eigenvalue weighted by Crippen LogP contribution is 2.65. The van der Waals surface area contributed by atoms with Crippen LogP contribution in [0.2, 0.25) is 5.02 Å². The molecule has 2 saturated heterocycles. The highest BCUT2D eigenvalue weighted by molar-refractivity contribution is 7.22. The summed E-state index contributed by atoms with van der Waals surface area (Å²) in [5.41, 5.74) is 1.14. The van der Waals surface area contributed by atoms with Crippen LogP contribution in [0, 0.1) is 36.0 Å². The van der Waals surface area contributed by atoms with E-state index in [4.69, 9.17) is 26.2 Å². The van der Waals surface area contributed by atoms with Crippen LogP contribution >= 0.6 is 22.9 Å². The zero-order valence-electron chi connectivity index (χ0n) is 28.3. The number of likely N-dealkylation sites (tertiary alicyclic amines) is 1. The third-order valence-electron chi connectivity index (χ3n) is 11.4. The molecular weight excluding hydrogens is 696 g/mol. The number of para-hydroxylation sites is 1. The highest BCUT2D eigenvalue weighted by Gasteiger charge is 2.68. The number of thiophene rings is 1. The number of hydrogen-bond donors (Lipinski definition) is 1. The van der Waals surface area contributed by atoms with E-state index in [2.05, 4.69) is 0 Å². The van der Waals surface area contributed by atoms with Gasteiger partial charge >= 0.3 is 6.09 Å². The maximum absolute atomic E-state index is 15.0. The third-order valence-corrected chi connectivity index (χ3v) is 12.9. The van der Waals surface area contributed by atoms with Crippen molar-refractivity contribution in [2.45, 2.75) is 32.6 Å². The number of hydrogen-bond acceptors (Lipinski definition) is 10. The number of methoxy groups -OCH3 is 2. The van der Waals surface area contributed by atoms with E-state index in [0.717, 1.165) is 27.6 Å². The van der Waals surface area contributed by atoms with Crippen molar-refractivity contribution in [3.05, 3.63) is 70.3 Å². The lowest BCUT2D eigenvalue weighted by Gasteiger charge is -2.49. The number of amides is 5. The number of rotatable bonds is 4. The summed E-state index contributed by atoms with van der Waals surface area (Å²) < 4.78 is 12.7. The number of anilines is 1. The SMILES string of the molecule is COC(=O)N1C(=O)[C@H]2[C@H](CC=C3[C@H]2C[C@H]2C(=O)N(c4cc(-c5sc6ccc(Cl)cc6c5C)nn4C)C(=O)[C@@]2(C)[C@H]3c2cccc(OC)c2O)C1=O. The van der Waals surface area contributed by atoms with E-state index in [9.17, 15) is 29.1 Å². The Bertz CT molecular complexity index is 2280. The third kappa shape index (κ3) is 4.43. The van der Waals surface area contributed by atoms with Gasteiger partial charge in [-0.25, -0.2) is 9.69 Å². The number of nitrogens with zero attached hydrogens (tertiary/aromatic N) is 4. The van der Waals surface area contributed by atoms with Gasteiger partial charge in [0.15, 0.2) is 11.5 Å². The second-order valence-corrected chi connectivity index (χ2v) is 15.2. The average molecular weight is 729 g/mol. The number of carbonyl (C=O) groups excluding carboxylic acids is 5. The first kappa shape index (κ1) is 33.2. The second kappa shape index (κ2) is 11.5. The molecule has 51 heavy (non-hydrogen) atoms. The smallest absolute Gasteiger partial charge is 0.423 e. The number of ether oxygens (including phenoxy) is 2. The molecule has 2 aromatic carbocycles. The van der Waals surface area contributed by atoms with Gasteiger partial charge in [0.2, 0.25) is 23.6 Å². The number of fused-ring (bicyclic) bond motifs is 5. The Balaban J connectivity index is 1.26. The molecule has 262 valence electrons. The van der Waals surface area contributed by atoms with Crippen LogP contribution in [0.4, 0.5) is 10.6 Å². The summed E-state index contributed by atoms with van der Waals surface area (Å²) in [6.07, 6.45) is 0.974. The van der Waals surface area contributed by atoms with Gasteiger partial charge in [-0.1, -0.05) is 35.4 Å². The summed E-state index contributed by atoms with van der Waals surface area (Å²) in [5.74, 6) is -6.37. The summed E-state index contributed by atoms with van der Waals surface area (Å²) in [6, 6.07) is 12.4. The molecule has 6 atom stereocenters. The Morgan fingerprint density at radius 3 is 2.55 bits per heavy atom. The van der Waals surface area contributed by atoms with E-state index in [1.165, 1.54) is 28.0 Å². The lowest BCUT2D eigenvalue weighted by molar-refractivity contribution is -0.138. The van der Waals surface area contributed by atoms with Crippen LogP contribution in [0.3, 0.4) is 0 Å². The van der Waals surface area contributed by atoms with E-state index >= 15 is 0 Å². The van der Waals surface area contributed by atoms with Gasteiger partial charge in [0.05, 0.1) is 42.3 Å². The fourth-order valence-corrected chi connectivity index (χ4v) is 10.3. The van der Waals surface area contributed by atoms with Gasteiger partial charge in [-0.15, -0.1) is 11.3 Å². The van der Waals surface area contributed by atoms with E-state index < -0.39 is 64.7 Å². The number of allylic oxidation sites excluding steroid dienone is 2. The molecule has 3 fully saturated rings. The van der Waals surface area contributed by atoms with Crippen molar-refractivity contribution in [2.75, 3.05) is 19.1 Å². The standard InChI is InChI=1S/C37H33ClN4O8S/c1-16-21-13-17(38)9-12-26(21)51-31(16)24-15-27(40(3)39-24)41-33(45)23-14-22-18(10-11-19-28(22)34(46)42(32(19)44)36(48)50-5)29(37(23,2)35(41)47)20-7-6-8-25(49-4)30(20)43/h6-10,12-13,15,19,22-23,28-29,43H,11,14H2,1-5H3/t19-,22+,23-,28-,29+,37+/m0/s1. The van der Waals surface area contributed by atoms with Crippen LogP contribution in [-0.2, 0) is 31.0 Å². The summed E-state index contributed by atoms with van der Waals surface area (Å²) in [6.45, 7) is 3.70. The number of benzene rings is 2. The zero-order valence-corrected chi connectivity index (χ0v) is 29.9. The first-order valence-corrected chi connectivity index (χ1v) is 17.7. The maximum Gasteiger partial charge on any atom is 0.423 e. The van der Waals surface area contributed by atoms with Crippen LogP contribution in [0.1, 0.15) is 36.8 Å². The topological polar surface area (TPSA) is 148 Å². The van der Waals surface area contributed by atoms with E-state index in [1.54, 1.807) is 38.2 Å². The Hall–Kier alpha value is -5.01. The monoisotopic (exact) mass is 728 g/mol. The minimum atomic E-state index is -1.42. The van der Waals surface area contributed by atoms with E-state index in [0.29, 0.717) is 26.8 Å². The van der Waals surface area contributed by atoms with Gasteiger partial charge < -0.3 is 14.6 Å². The molecule has 0 radical (unpaired) electrons. The molecule has 0 unspecified atom stereocenters. The number of carbonyl (C=O) groups is 5. The molecule has 0 spiro atoms. The van der Waals surface area contributed by atoms with Gasteiger partial charge in [-0.05, 0) is 67.8 Å². The molecule has 1 N–H and O–H groups in total. The molecule has 8 rings (SSSR count). The van der Waals surface area contributed by atoms with E-state index in [-0.39, 0.29) is 30.2 Å². The van der Waals surface area contributed by atoms with Crippen molar-refractivity contribution in [1.29, 1.82) is 0 Å². The number of phenolic OH excluding ortho intramolecular Hbond substituents is 1. The van der Waals surface area contributed by atoms with Gasteiger partial charge in [-0.3, -0.25) is 23.9 Å². The molecule has 4 aliphatic rings. The Morgan fingerprint density at radius 1 is 1.06 bits per heavy atom. The Labute approximate surface area is 301 Å². The largest absolute Gasteiger partial charge is 0.504 e. The Kier molecular flexibility index (Phi) is 7.48. The lowest BCUT2D eigenvalue weighted by Crippen LogP contribution is -2.49. The minimum Gasteiger partial charge on any atom is -0.504 e. The zero-order chi connectivity index (χ0) is 36.3. The number of halogens is 1. The highest BCUT2D eigenvalue weighted by atomic mass is 35.5. The van der Waals surface area contributed by atoms with Crippen molar-refractivity contribution in [3.8, 4) is 22.1 Å². The predicted molar refractivity (Wildman–Crippen MR) is 187 cm³/mol. The first-order valence-electron chi connectivity index (χ1n) is 16.5. The normalized spacial score (nSPS) is 27.1. The summed E-state index contributed by atoms with van der Waals surface area (Å²) in [4.78, 5) is 72.1. The fraction of sp³-hybridized carbons (Fsp3) is 0.351. The quantitative estimate of drug-likeness (QED) is 0.198. The molecule has 4 aromatic rings. The number of aromatic hydroxyl groups is 1. The second-order valence-electron chi connectivity index (χ2n) is 13.7. The fourth-order valence-electron chi connectivity index (χ4n) is 9.00. The molecule has 4 heterocycles. The molecule has 2 aliphatic heterocycles. The van der Waals surface area contributed by atoms with Gasteiger partial charge in [-0.2, -0.15) is 10.00 Å². The summed E-state index contributed by atoms with van der Waals surface area (Å²) in [5, 5.41) is 17.9. The van der Waals surface area contributed by atoms with Crippen molar-refractivity contribution in [2.24, 2.45) is 36.1 Å². The number of aryl methyl sites for hydroxylation is 2. The molecule has 0 bridgehead atoms. The number of phenols is 1. The predicted octanol–water partition coefficient (Wildman–Crippen LogP) is 5.97. The first-order chi connectivity index (χ1) is 24.3. The number of imide groups is 4. The summed E-state index contributed by atoms with van der Waals surface area (Å²) in [7, 11) is 4.19. The summed E-state index contributed by atoms with van der Waals surface area (Å²) >= 11 is 7.82. The average Bonchev–Trinajstić information content (AvgIpc) is 3.78. The van der Waals surface area contributed by atoms with Crippen LogP contribution < -0.4 is 9.64 Å². The van der Waals surface area contributed by atoms with Crippen LogP contribution in [0.25, 0.3) is 20.7 Å². The van der Waals surface area contributed by atoms with Gasteiger partial charge in [0.1, 0.15) is 11.5 Å². The molecule has 14 heteroatoms. The molecular formula is C37H33ClN4O8S. The Morgan fingerprint density at radius 2 is 1.82 bits per heavy atom. The molecule has 2 aliphatic carbocycles. The number of aromatic nitrogens is 2. The van der Waals surface area contributed by atoms with Gasteiger partial charge in [0.25, 0.3) is 0 Å². The van der Waals surface area contributed by atoms with Crippen molar-refractivity contribution in [1.82, 2.24) is 14.7 Å². The van der Waals surface area contributed by atoms with Crippen molar-refractivity contribution < 1.29 is 38.6 Å². The molecule has 5 amide bonds. The maximum atomic E-state index is 15.0. The van der Waals surface area contributed by atoms with Crippen LogP contribution in [0.5, 0.6) is 11.5 Å². The van der Waals surface area contributed by atoms with E-state index in [1.807, 2.05) is 31.2 Å². The van der Waals surface area contributed by atoms with Crippen molar-refractivity contribution >= 4 is 68.6 Å². The van der Waals surface area contributed by atoms with Crippen molar-refractivity contribution in [3.63, 3.8) is 0 Å². The lowest BCUT2D eigenvalue weighted by atomic mass is 9.51. The molecule has 1 saturated carbocycles. The van der Waals surface area contributed by atoms with Crippen LogP contribution in [-0.4, -0.2) is 63.7 Å². The minimum absolute atomic E-state index is 0.0702. The molecule has 12 nitrogen and oxygen atoms in total. The molecule has 2 aromatic heterocycles. The van der Waals surface area contributed by atoms with Gasteiger partial charge in [0, 0.05) is 34.3 Å².